The number of nitrogens with zero attached hydrogens (tertiary/aromatic N) is 2. The standard InChI is InChI=1S/C30H34Cl3N3O4S/c1-5-27(30(38)34-17-20(2)3)35(18-22-11-13-25(32)26(33)16-22)29(37)19-36(28-14-12-23(31)15-21(28)4)41(39,40)24-9-7-6-8-10-24/h6-16,20,27H,5,17-19H2,1-4H3,(H,34,38)/t27-/m1/s1. The van der Waals surface area contributed by atoms with Crippen LogP contribution in [0.2, 0.25) is 15.1 Å². The van der Waals surface area contributed by atoms with Crippen LogP contribution in [-0.4, -0.2) is 44.3 Å². The van der Waals surface area contributed by atoms with Crippen molar-refractivity contribution in [2.45, 2.75) is 51.6 Å². The Morgan fingerprint density at radius 1 is 0.927 bits per heavy atom. The Hall–Kier alpha value is -2.78. The van der Waals surface area contributed by atoms with Gasteiger partial charge in [0.05, 0.1) is 20.6 Å². The summed E-state index contributed by atoms with van der Waals surface area (Å²) in [5, 5.41) is 4.00. The van der Waals surface area contributed by atoms with Crippen molar-refractivity contribution in [3.05, 3.63) is 92.9 Å². The van der Waals surface area contributed by atoms with E-state index in [1.807, 2.05) is 13.8 Å². The number of anilines is 1. The Labute approximate surface area is 257 Å². The minimum absolute atomic E-state index is 0.0160. The summed E-state index contributed by atoms with van der Waals surface area (Å²) in [7, 11) is -4.17. The molecule has 2 amide bonds. The van der Waals surface area contributed by atoms with Crippen molar-refractivity contribution in [3.8, 4) is 0 Å². The van der Waals surface area contributed by atoms with Crippen LogP contribution < -0.4 is 9.62 Å². The van der Waals surface area contributed by atoms with Crippen LogP contribution in [0.3, 0.4) is 0 Å². The number of sulfonamides is 1. The van der Waals surface area contributed by atoms with E-state index >= 15 is 0 Å². The third-order valence-corrected chi connectivity index (χ3v) is 9.19. The summed E-state index contributed by atoms with van der Waals surface area (Å²) >= 11 is 18.5. The van der Waals surface area contributed by atoms with Crippen LogP contribution in [0.5, 0.6) is 0 Å². The Morgan fingerprint density at radius 2 is 1.61 bits per heavy atom. The highest BCUT2D eigenvalue weighted by Crippen LogP contribution is 2.30. The lowest BCUT2D eigenvalue weighted by Crippen LogP contribution is -2.52. The lowest BCUT2D eigenvalue weighted by atomic mass is 10.1. The summed E-state index contributed by atoms with van der Waals surface area (Å²) in [5.41, 5.74) is 1.52. The Balaban J connectivity index is 2.08. The molecule has 0 aliphatic rings. The molecule has 0 saturated carbocycles. The minimum Gasteiger partial charge on any atom is -0.354 e. The second-order valence-electron chi connectivity index (χ2n) is 10.1. The summed E-state index contributed by atoms with van der Waals surface area (Å²) in [6.45, 7) is 7.37. The van der Waals surface area contributed by atoms with Crippen LogP contribution in [0.4, 0.5) is 5.69 Å². The highest BCUT2D eigenvalue weighted by atomic mass is 35.5. The van der Waals surface area contributed by atoms with Gasteiger partial charge in [-0.2, -0.15) is 0 Å². The first-order chi connectivity index (χ1) is 19.3. The number of halogens is 3. The summed E-state index contributed by atoms with van der Waals surface area (Å²) in [6.07, 6.45) is 0.308. The predicted molar refractivity (Wildman–Crippen MR) is 166 cm³/mol. The van der Waals surface area contributed by atoms with Crippen LogP contribution in [0.1, 0.15) is 38.3 Å². The quantitative estimate of drug-likeness (QED) is 0.238. The number of nitrogens with one attached hydrogen (secondary N) is 1. The van der Waals surface area contributed by atoms with Crippen LogP contribution >= 0.6 is 34.8 Å². The summed E-state index contributed by atoms with van der Waals surface area (Å²) < 4.78 is 28.9. The Kier molecular flexibility index (Phi) is 11.5. The molecular weight excluding hydrogens is 605 g/mol. The highest BCUT2D eigenvalue weighted by molar-refractivity contribution is 7.92. The number of hydrogen-bond donors (Lipinski definition) is 1. The molecule has 1 atom stereocenters. The van der Waals surface area contributed by atoms with E-state index in [-0.39, 0.29) is 23.3 Å². The molecule has 1 N–H and O–H groups in total. The first-order valence-electron chi connectivity index (χ1n) is 13.2. The maximum absolute atomic E-state index is 14.1. The molecule has 0 fully saturated rings. The van der Waals surface area contributed by atoms with E-state index in [0.717, 1.165) is 4.31 Å². The first kappa shape index (κ1) is 32.7. The first-order valence-corrected chi connectivity index (χ1v) is 15.8. The number of benzene rings is 3. The van der Waals surface area contributed by atoms with Crippen molar-refractivity contribution >= 4 is 62.3 Å². The molecule has 3 rings (SSSR count). The van der Waals surface area contributed by atoms with Crippen molar-refractivity contribution in [2.24, 2.45) is 5.92 Å². The zero-order valence-corrected chi connectivity index (χ0v) is 26.5. The Morgan fingerprint density at radius 3 is 2.20 bits per heavy atom. The fourth-order valence-corrected chi connectivity index (χ4v) is 6.36. The van der Waals surface area contributed by atoms with Crippen molar-refractivity contribution in [2.75, 3.05) is 17.4 Å². The van der Waals surface area contributed by atoms with Gasteiger partial charge in [0, 0.05) is 18.1 Å². The number of aryl methyl sites for hydroxylation is 1. The highest BCUT2D eigenvalue weighted by Gasteiger charge is 2.34. The average molecular weight is 639 g/mol. The topological polar surface area (TPSA) is 86.8 Å². The lowest BCUT2D eigenvalue weighted by Gasteiger charge is -2.33. The zero-order valence-electron chi connectivity index (χ0n) is 23.4. The summed E-state index contributed by atoms with van der Waals surface area (Å²) in [5.74, 6) is -0.679. The smallest absolute Gasteiger partial charge is 0.264 e. The van der Waals surface area contributed by atoms with Crippen molar-refractivity contribution in [3.63, 3.8) is 0 Å². The number of amides is 2. The molecule has 0 unspecified atom stereocenters. The molecule has 7 nitrogen and oxygen atoms in total. The van der Waals surface area contributed by atoms with Gasteiger partial charge in [0.25, 0.3) is 10.0 Å². The summed E-state index contributed by atoms with van der Waals surface area (Å²) in [4.78, 5) is 28.9. The fraction of sp³-hybridized carbons (Fsp3) is 0.333. The monoisotopic (exact) mass is 637 g/mol. The molecule has 0 saturated heterocycles. The second kappa shape index (κ2) is 14.4. The van der Waals surface area contributed by atoms with Gasteiger partial charge in [-0.25, -0.2) is 8.42 Å². The van der Waals surface area contributed by atoms with E-state index in [9.17, 15) is 18.0 Å². The van der Waals surface area contributed by atoms with E-state index in [0.29, 0.717) is 44.8 Å². The molecule has 3 aromatic carbocycles. The molecule has 0 aliphatic carbocycles. The molecular formula is C30H34Cl3N3O4S. The van der Waals surface area contributed by atoms with Gasteiger partial charge < -0.3 is 10.2 Å². The minimum atomic E-state index is -4.17. The van der Waals surface area contributed by atoms with Crippen molar-refractivity contribution in [1.82, 2.24) is 10.2 Å². The SMILES string of the molecule is CC[C@H](C(=O)NCC(C)C)N(Cc1ccc(Cl)c(Cl)c1)C(=O)CN(c1ccc(Cl)cc1C)S(=O)(=O)c1ccccc1. The molecule has 0 spiro atoms. The van der Waals surface area contributed by atoms with Gasteiger partial charge in [-0.3, -0.25) is 13.9 Å². The van der Waals surface area contributed by atoms with Gasteiger partial charge in [0.15, 0.2) is 0 Å². The molecule has 220 valence electrons. The lowest BCUT2D eigenvalue weighted by molar-refractivity contribution is -0.140. The summed E-state index contributed by atoms with van der Waals surface area (Å²) in [6, 6.07) is 16.8. The number of carbonyl (C=O) groups is 2. The maximum atomic E-state index is 14.1. The average Bonchev–Trinajstić information content (AvgIpc) is 2.93. The predicted octanol–water partition coefficient (Wildman–Crippen LogP) is 6.73. The van der Waals surface area contributed by atoms with Gasteiger partial charge >= 0.3 is 0 Å². The van der Waals surface area contributed by atoms with E-state index in [2.05, 4.69) is 5.32 Å². The van der Waals surface area contributed by atoms with Gasteiger partial charge in [0.1, 0.15) is 12.6 Å². The fourth-order valence-electron chi connectivity index (χ4n) is 4.31. The van der Waals surface area contributed by atoms with E-state index in [1.54, 1.807) is 68.4 Å². The third-order valence-electron chi connectivity index (χ3n) is 6.44. The third kappa shape index (κ3) is 8.38. The van der Waals surface area contributed by atoms with Gasteiger partial charge in [-0.1, -0.05) is 79.8 Å². The molecule has 0 bridgehead atoms. The van der Waals surface area contributed by atoms with Crippen LogP contribution in [0.25, 0.3) is 0 Å². The molecule has 11 heteroatoms. The molecule has 0 aromatic heterocycles. The van der Waals surface area contributed by atoms with Gasteiger partial charge in [-0.15, -0.1) is 0 Å². The van der Waals surface area contributed by atoms with E-state index < -0.39 is 28.5 Å². The van der Waals surface area contributed by atoms with Crippen LogP contribution in [-0.2, 0) is 26.2 Å². The van der Waals surface area contributed by atoms with Crippen molar-refractivity contribution in [1.29, 1.82) is 0 Å². The number of hydrogen-bond acceptors (Lipinski definition) is 4. The largest absolute Gasteiger partial charge is 0.354 e. The normalized spacial score (nSPS) is 12.2. The zero-order chi connectivity index (χ0) is 30.3. The molecule has 0 aliphatic heterocycles. The molecule has 41 heavy (non-hydrogen) atoms. The van der Waals surface area contributed by atoms with Crippen molar-refractivity contribution < 1.29 is 18.0 Å². The van der Waals surface area contributed by atoms with Crippen LogP contribution in [0, 0.1) is 12.8 Å². The van der Waals surface area contributed by atoms with Gasteiger partial charge in [-0.05, 0) is 72.9 Å². The molecule has 0 radical (unpaired) electrons. The van der Waals surface area contributed by atoms with E-state index in [1.165, 1.54) is 17.0 Å². The van der Waals surface area contributed by atoms with Gasteiger partial charge in [0.2, 0.25) is 11.8 Å². The number of rotatable bonds is 12. The molecule has 0 heterocycles. The maximum Gasteiger partial charge on any atom is 0.264 e. The second-order valence-corrected chi connectivity index (χ2v) is 13.2. The van der Waals surface area contributed by atoms with E-state index in [4.69, 9.17) is 34.8 Å². The number of carbonyl (C=O) groups excluding carboxylic acids is 2. The Bertz CT molecular complexity index is 1480. The molecule has 3 aromatic rings. The van der Waals surface area contributed by atoms with Crippen LogP contribution in [0.15, 0.2) is 71.6 Å².